The van der Waals surface area contributed by atoms with Crippen LogP contribution in [-0.2, 0) is 0 Å². The predicted molar refractivity (Wildman–Crippen MR) is 102 cm³/mol. The van der Waals surface area contributed by atoms with Crippen molar-refractivity contribution in [1.82, 2.24) is 19.7 Å². The normalized spacial score (nSPS) is 15.0. The first-order valence-electron chi connectivity index (χ1n) is 8.31. The van der Waals surface area contributed by atoms with E-state index in [1.165, 1.54) is 27.7 Å². The number of Topliss-reactive ketones (excluding diaryl/α,β-unsaturated/α-hetero) is 1. The van der Waals surface area contributed by atoms with Gasteiger partial charge in [-0.1, -0.05) is 30.0 Å². The summed E-state index contributed by atoms with van der Waals surface area (Å²) in [6, 6.07) is 0.250. The van der Waals surface area contributed by atoms with Crippen molar-refractivity contribution in [3.63, 3.8) is 0 Å². The number of hydrogen-bond donors (Lipinski definition) is 3. The van der Waals surface area contributed by atoms with Gasteiger partial charge in [-0.3, -0.25) is 19.1 Å². The molecule has 0 aliphatic heterocycles. The Labute approximate surface area is 157 Å². The zero-order valence-electron chi connectivity index (χ0n) is 14.4. The van der Waals surface area contributed by atoms with Gasteiger partial charge < -0.3 is 11.1 Å². The summed E-state index contributed by atoms with van der Waals surface area (Å²) in [4.78, 5) is 38.6. The molecule has 1 aliphatic carbocycles. The van der Waals surface area contributed by atoms with E-state index in [1.807, 2.05) is 6.92 Å². The van der Waals surface area contributed by atoms with Gasteiger partial charge in [0.05, 0.1) is 5.75 Å². The number of rotatable bonds is 8. The average Bonchev–Trinajstić information content (AvgIpc) is 3.31. The Hall–Kier alpha value is -2.14. The third kappa shape index (κ3) is 3.98. The van der Waals surface area contributed by atoms with Crippen LogP contribution in [0, 0.1) is 0 Å². The zero-order valence-corrected chi connectivity index (χ0v) is 16.1. The summed E-state index contributed by atoms with van der Waals surface area (Å²) in [5, 5.41) is 12.0. The van der Waals surface area contributed by atoms with E-state index in [-0.39, 0.29) is 29.2 Å². The van der Waals surface area contributed by atoms with Crippen LogP contribution >= 0.6 is 23.1 Å². The predicted octanol–water partition coefficient (Wildman–Crippen LogP) is 1.49. The Morgan fingerprint density at radius 1 is 1.46 bits per heavy atom. The average molecular weight is 396 g/mol. The molecule has 0 unspecified atom stereocenters. The fourth-order valence-corrected chi connectivity index (χ4v) is 4.11. The maximum atomic E-state index is 12.5. The highest BCUT2D eigenvalue weighted by Gasteiger charge is 2.30. The first kappa shape index (κ1) is 18.6. The van der Waals surface area contributed by atoms with E-state index in [4.69, 9.17) is 5.73 Å². The minimum Gasteiger partial charge on any atom is -0.384 e. The lowest BCUT2D eigenvalue weighted by atomic mass is 10.2. The van der Waals surface area contributed by atoms with Crippen molar-refractivity contribution in [2.45, 2.75) is 49.5 Å². The third-order valence-corrected chi connectivity index (χ3v) is 6.08. The van der Waals surface area contributed by atoms with Crippen LogP contribution in [0.3, 0.4) is 0 Å². The second kappa shape index (κ2) is 7.62. The van der Waals surface area contributed by atoms with Crippen molar-refractivity contribution in [2.24, 2.45) is 0 Å². The molecule has 11 heteroatoms. The van der Waals surface area contributed by atoms with Gasteiger partial charge in [0, 0.05) is 12.1 Å². The molecule has 1 fully saturated rings. The molecule has 0 radical (unpaired) electrons. The second-order valence-corrected chi connectivity index (χ2v) is 8.36. The van der Waals surface area contributed by atoms with Crippen LogP contribution in [0.25, 0.3) is 0 Å². The number of nitrogens with one attached hydrogen (secondary N) is 2. The molecule has 140 valence electrons. The van der Waals surface area contributed by atoms with Gasteiger partial charge in [-0.2, -0.15) is 0 Å². The number of nitrogen functional groups attached to an aromatic ring is 1. The number of carbonyl (C=O) groups is 1. The van der Waals surface area contributed by atoms with Gasteiger partial charge in [0.25, 0.3) is 5.56 Å². The summed E-state index contributed by atoms with van der Waals surface area (Å²) in [6.45, 7) is 4.11. The van der Waals surface area contributed by atoms with E-state index < -0.39 is 17.0 Å². The number of nitrogens with two attached hydrogens (primary N) is 1. The maximum absolute atomic E-state index is 12.5. The second-order valence-electron chi connectivity index (χ2n) is 6.16. The van der Waals surface area contributed by atoms with Crippen molar-refractivity contribution in [3.05, 3.63) is 26.4 Å². The van der Waals surface area contributed by atoms with E-state index >= 15 is 0 Å². The summed E-state index contributed by atoms with van der Waals surface area (Å²) in [5.74, 6) is -0.494. The minimum atomic E-state index is -0.744. The Morgan fingerprint density at radius 2 is 2.19 bits per heavy atom. The lowest BCUT2D eigenvalue weighted by Crippen LogP contribution is -2.36. The molecule has 1 saturated carbocycles. The van der Waals surface area contributed by atoms with Gasteiger partial charge in [0.15, 0.2) is 10.1 Å². The number of hydrogen-bond acceptors (Lipinski definition) is 9. The number of carbonyl (C=O) groups excluding carboxylic acids is 1. The van der Waals surface area contributed by atoms with Crippen molar-refractivity contribution in [1.29, 1.82) is 0 Å². The van der Waals surface area contributed by atoms with Crippen LogP contribution in [0.15, 0.2) is 13.9 Å². The Kier molecular flexibility index (Phi) is 5.47. The quantitative estimate of drug-likeness (QED) is 0.451. The number of aromatic nitrogens is 4. The summed E-state index contributed by atoms with van der Waals surface area (Å²) in [7, 11) is 0. The lowest BCUT2D eigenvalue weighted by Gasteiger charge is -2.10. The van der Waals surface area contributed by atoms with E-state index in [9.17, 15) is 14.4 Å². The molecule has 26 heavy (non-hydrogen) atoms. The molecule has 2 heterocycles. The van der Waals surface area contributed by atoms with Crippen LogP contribution in [0.5, 0.6) is 0 Å². The molecule has 4 N–H and O–H groups in total. The molecule has 1 aliphatic rings. The van der Waals surface area contributed by atoms with Gasteiger partial charge in [0.1, 0.15) is 11.4 Å². The molecule has 2 aromatic heterocycles. The molecule has 2 aromatic rings. The Bertz CT molecular complexity index is 930. The molecular weight excluding hydrogens is 376 g/mol. The monoisotopic (exact) mass is 396 g/mol. The van der Waals surface area contributed by atoms with E-state index in [0.29, 0.717) is 9.47 Å². The SMILES string of the molecule is CC[C@@H](C)Nc1nnc(SCC(=O)c2c(N)n(C3CC3)c(=O)[nH]c2=O)s1. The topological polar surface area (TPSA) is 136 Å². The molecule has 0 spiro atoms. The molecule has 0 aromatic carbocycles. The molecule has 1 atom stereocenters. The molecule has 0 amide bonds. The highest BCUT2D eigenvalue weighted by Crippen LogP contribution is 2.35. The number of anilines is 2. The lowest BCUT2D eigenvalue weighted by molar-refractivity contribution is 0.102. The number of H-pyrrole nitrogens is 1. The van der Waals surface area contributed by atoms with Crippen LogP contribution in [-0.4, -0.2) is 37.3 Å². The van der Waals surface area contributed by atoms with Crippen molar-refractivity contribution < 1.29 is 4.79 Å². The minimum absolute atomic E-state index is 0.00584. The molecule has 3 rings (SSSR count). The Morgan fingerprint density at radius 3 is 2.85 bits per heavy atom. The van der Waals surface area contributed by atoms with Gasteiger partial charge >= 0.3 is 5.69 Å². The number of ketones is 1. The number of thioether (sulfide) groups is 1. The van der Waals surface area contributed by atoms with Gasteiger partial charge in [0.2, 0.25) is 5.13 Å². The van der Waals surface area contributed by atoms with Crippen LogP contribution in [0.4, 0.5) is 10.9 Å². The summed E-state index contributed by atoms with van der Waals surface area (Å²) in [6.07, 6.45) is 2.59. The zero-order chi connectivity index (χ0) is 18.8. The summed E-state index contributed by atoms with van der Waals surface area (Å²) in [5.41, 5.74) is 4.48. The maximum Gasteiger partial charge on any atom is 0.330 e. The Balaban J connectivity index is 1.72. The standard InChI is InChI=1S/C15H20N6O3S2/c1-3-7(2)17-13-19-20-15(26-13)25-6-9(22)10-11(16)21(8-4-5-8)14(24)18-12(10)23/h7-8H,3-6,16H2,1-2H3,(H,17,19)(H,18,23,24)/t7-/m1/s1. The fraction of sp³-hybridized carbons (Fsp3) is 0.533. The third-order valence-electron chi connectivity index (χ3n) is 4.09. The summed E-state index contributed by atoms with van der Waals surface area (Å²) < 4.78 is 1.92. The van der Waals surface area contributed by atoms with E-state index in [2.05, 4.69) is 27.4 Å². The molecule has 0 bridgehead atoms. The first-order valence-corrected chi connectivity index (χ1v) is 10.1. The fourth-order valence-electron chi connectivity index (χ4n) is 2.37. The van der Waals surface area contributed by atoms with Gasteiger partial charge in [-0.15, -0.1) is 10.2 Å². The highest BCUT2D eigenvalue weighted by atomic mass is 32.2. The highest BCUT2D eigenvalue weighted by molar-refractivity contribution is 8.01. The van der Waals surface area contributed by atoms with Gasteiger partial charge in [-0.25, -0.2) is 4.79 Å². The van der Waals surface area contributed by atoms with E-state index in [1.54, 1.807) is 0 Å². The number of aromatic amines is 1. The molecular formula is C15H20N6O3S2. The number of nitrogens with zero attached hydrogens (tertiary/aromatic N) is 3. The van der Waals surface area contributed by atoms with E-state index in [0.717, 1.165) is 19.3 Å². The molecule has 9 nitrogen and oxygen atoms in total. The first-order chi connectivity index (χ1) is 12.4. The molecule has 0 saturated heterocycles. The van der Waals surface area contributed by atoms with Crippen molar-refractivity contribution >= 4 is 39.8 Å². The smallest absolute Gasteiger partial charge is 0.330 e. The summed E-state index contributed by atoms with van der Waals surface area (Å²) >= 11 is 2.54. The van der Waals surface area contributed by atoms with Gasteiger partial charge in [-0.05, 0) is 26.2 Å². The van der Waals surface area contributed by atoms with Crippen molar-refractivity contribution in [2.75, 3.05) is 16.8 Å². The van der Waals surface area contributed by atoms with Crippen LogP contribution in [0.2, 0.25) is 0 Å². The largest absolute Gasteiger partial charge is 0.384 e. The van der Waals surface area contributed by atoms with Crippen LogP contribution < -0.4 is 22.3 Å². The van der Waals surface area contributed by atoms with Crippen molar-refractivity contribution in [3.8, 4) is 0 Å². The van der Waals surface area contributed by atoms with Crippen LogP contribution in [0.1, 0.15) is 49.5 Å².